The molecule has 3 nitrogen and oxygen atoms in total. The monoisotopic (exact) mass is 142 g/mol. The van der Waals surface area contributed by atoms with E-state index >= 15 is 0 Å². The molecule has 0 amide bonds. The van der Waals surface area contributed by atoms with Crippen LogP contribution >= 0.6 is 0 Å². The Bertz CT molecular complexity index is 115. The molecule has 0 heterocycles. The van der Waals surface area contributed by atoms with Crippen LogP contribution in [0.15, 0.2) is 0 Å². The molecule has 3 heteroatoms. The predicted molar refractivity (Wildman–Crippen MR) is 39.1 cm³/mol. The Hall–Kier alpha value is -0.590. The van der Waals surface area contributed by atoms with Gasteiger partial charge in [-0.25, -0.2) is 0 Å². The van der Waals surface area contributed by atoms with Gasteiger partial charge >= 0.3 is 0 Å². The molecule has 0 fully saturated rings. The van der Waals surface area contributed by atoms with Gasteiger partial charge in [0.2, 0.25) is 0 Å². The highest BCUT2D eigenvalue weighted by molar-refractivity contribution is 4.87. The van der Waals surface area contributed by atoms with Gasteiger partial charge in [0, 0.05) is 6.54 Å². The third-order valence-corrected chi connectivity index (χ3v) is 1.43. The van der Waals surface area contributed by atoms with Crippen LogP contribution in [-0.2, 0) is 4.84 Å². The van der Waals surface area contributed by atoms with Crippen LogP contribution in [0.1, 0.15) is 20.3 Å². The molecule has 0 aliphatic rings. The lowest BCUT2D eigenvalue weighted by Gasteiger charge is -2.21. The fourth-order valence-electron chi connectivity index (χ4n) is 0.836. The molecule has 0 saturated heterocycles. The molecule has 58 valence electrons. The van der Waals surface area contributed by atoms with E-state index in [-0.39, 0.29) is 6.04 Å². The van der Waals surface area contributed by atoms with Crippen molar-refractivity contribution >= 4 is 0 Å². The first-order valence-electron chi connectivity index (χ1n) is 3.50. The lowest BCUT2D eigenvalue weighted by atomic mass is 10.2. The Morgan fingerprint density at radius 2 is 2.20 bits per heavy atom. The minimum atomic E-state index is -0.102. The molecular weight excluding hydrogens is 128 g/mol. The van der Waals surface area contributed by atoms with E-state index < -0.39 is 0 Å². The standard InChI is InChI=1S/C7H14N2O/c1-4-7(6-8)9(5-2)10-3/h7H,4-5H2,1-3H3. The highest BCUT2D eigenvalue weighted by atomic mass is 16.7. The Balaban J connectivity index is 3.85. The van der Waals surface area contributed by atoms with Crippen LogP contribution in [0.25, 0.3) is 0 Å². The summed E-state index contributed by atoms with van der Waals surface area (Å²) in [6.45, 7) is 4.68. The van der Waals surface area contributed by atoms with Gasteiger partial charge in [-0.05, 0) is 6.42 Å². The molecule has 0 saturated carbocycles. The van der Waals surface area contributed by atoms with Gasteiger partial charge < -0.3 is 4.84 Å². The largest absolute Gasteiger partial charge is 0.301 e. The van der Waals surface area contributed by atoms with Crippen molar-refractivity contribution in [1.82, 2.24) is 5.06 Å². The van der Waals surface area contributed by atoms with Gasteiger partial charge in [0.15, 0.2) is 0 Å². The van der Waals surface area contributed by atoms with Gasteiger partial charge in [-0.15, -0.1) is 0 Å². The van der Waals surface area contributed by atoms with Crippen LogP contribution in [0, 0.1) is 11.3 Å². The van der Waals surface area contributed by atoms with E-state index in [2.05, 4.69) is 6.07 Å². The molecular formula is C7H14N2O. The summed E-state index contributed by atoms with van der Waals surface area (Å²) in [6.07, 6.45) is 0.804. The third-order valence-electron chi connectivity index (χ3n) is 1.43. The zero-order valence-electron chi connectivity index (χ0n) is 6.79. The maximum Gasteiger partial charge on any atom is 0.121 e. The molecule has 1 atom stereocenters. The maximum atomic E-state index is 8.59. The van der Waals surface area contributed by atoms with E-state index in [9.17, 15) is 0 Å². The van der Waals surface area contributed by atoms with E-state index in [4.69, 9.17) is 10.1 Å². The average Bonchev–Trinajstić information content (AvgIpc) is 2.00. The topological polar surface area (TPSA) is 36.3 Å². The number of nitriles is 1. The van der Waals surface area contributed by atoms with Gasteiger partial charge in [0.05, 0.1) is 13.2 Å². The zero-order chi connectivity index (χ0) is 7.98. The number of rotatable bonds is 4. The van der Waals surface area contributed by atoms with Crippen molar-refractivity contribution < 1.29 is 4.84 Å². The predicted octanol–water partition coefficient (Wildman–Crippen LogP) is 1.17. The Labute approximate surface area is 62.1 Å². The summed E-state index contributed by atoms with van der Waals surface area (Å²) >= 11 is 0. The van der Waals surface area contributed by atoms with Gasteiger partial charge in [-0.2, -0.15) is 10.3 Å². The zero-order valence-corrected chi connectivity index (χ0v) is 6.79. The summed E-state index contributed by atoms with van der Waals surface area (Å²) in [4.78, 5) is 4.95. The summed E-state index contributed by atoms with van der Waals surface area (Å²) in [7, 11) is 1.59. The van der Waals surface area contributed by atoms with E-state index in [1.54, 1.807) is 12.2 Å². The van der Waals surface area contributed by atoms with Crippen molar-refractivity contribution in [2.75, 3.05) is 13.7 Å². The lowest BCUT2D eigenvalue weighted by Crippen LogP contribution is -2.32. The molecule has 0 aliphatic carbocycles. The van der Waals surface area contributed by atoms with E-state index in [1.165, 1.54) is 0 Å². The molecule has 0 aromatic rings. The molecule has 0 spiro atoms. The van der Waals surface area contributed by atoms with Crippen molar-refractivity contribution in [3.8, 4) is 6.07 Å². The molecule has 0 aliphatic heterocycles. The highest BCUT2D eigenvalue weighted by Crippen LogP contribution is 2.01. The van der Waals surface area contributed by atoms with E-state index in [0.29, 0.717) is 0 Å². The summed E-state index contributed by atoms with van der Waals surface area (Å²) in [5.41, 5.74) is 0. The molecule has 1 unspecified atom stereocenters. The molecule has 0 rings (SSSR count). The second-order valence-corrected chi connectivity index (χ2v) is 1.97. The molecule has 0 radical (unpaired) electrons. The molecule has 0 aromatic carbocycles. The SMILES string of the molecule is CCC(C#N)N(CC)OC. The van der Waals surface area contributed by atoms with Crippen molar-refractivity contribution in [3.63, 3.8) is 0 Å². The van der Waals surface area contributed by atoms with Crippen LogP contribution in [0.3, 0.4) is 0 Å². The van der Waals surface area contributed by atoms with Gasteiger partial charge in [-0.3, -0.25) is 0 Å². The van der Waals surface area contributed by atoms with Crippen LogP contribution in [-0.4, -0.2) is 24.8 Å². The van der Waals surface area contributed by atoms with Crippen LogP contribution in [0.5, 0.6) is 0 Å². The third kappa shape index (κ3) is 2.34. The minimum Gasteiger partial charge on any atom is -0.301 e. The number of nitrogens with zero attached hydrogens (tertiary/aromatic N) is 2. The first kappa shape index (κ1) is 9.41. The average molecular weight is 142 g/mol. The van der Waals surface area contributed by atoms with Crippen LogP contribution in [0.4, 0.5) is 0 Å². The van der Waals surface area contributed by atoms with Crippen molar-refractivity contribution in [2.24, 2.45) is 0 Å². The summed E-state index contributed by atoms with van der Waals surface area (Å²) in [6, 6.07) is 2.05. The first-order valence-corrected chi connectivity index (χ1v) is 3.50. The second kappa shape index (κ2) is 5.21. The van der Waals surface area contributed by atoms with E-state index in [0.717, 1.165) is 13.0 Å². The minimum absolute atomic E-state index is 0.102. The smallest absolute Gasteiger partial charge is 0.121 e. The number of hydrogen-bond donors (Lipinski definition) is 0. The van der Waals surface area contributed by atoms with Crippen LogP contribution in [0.2, 0.25) is 0 Å². The van der Waals surface area contributed by atoms with Gasteiger partial charge in [0.1, 0.15) is 6.04 Å². The van der Waals surface area contributed by atoms with Gasteiger partial charge in [-0.1, -0.05) is 13.8 Å². The summed E-state index contributed by atoms with van der Waals surface area (Å²) < 4.78 is 0. The lowest BCUT2D eigenvalue weighted by molar-refractivity contribution is -0.145. The first-order chi connectivity index (χ1) is 4.79. The second-order valence-electron chi connectivity index (χ2n) is 1.97. The van der Waals surface area contributed by atoms with Crippen LogP contribution < -0.4 is 0 Å². The summed E-state index contributed by atoms with van der Waals surface area (Å²) in [5, 5.41) is 10.3. The van der Waals surface area contributed by atoms with Gasteiger partial charge in [0.25, 0.3) is 0 Å². The number of hydrogen-bond acceptors (Lipinski definition) is 3. The summed E-state index contributed by atoms with van der Waals surface area (Å²) in [5.74, 6) is 0. The van der Waals surface area contributed by atoms with E-state index in [1.807, 2.05) is 13.8 Å². The fourth-order valence-corrected chi connectivity index (χ4v) is 0.836. The van der Waals surface area contributed by atoms with Crippen molar-refractivity contribution in [2.45, 2.75) is 26.3 Å². The molecule has 0 bridgehead atoms. The van der Waals surface area contributed by atoms with Crippen molar-refractivity contribution in [1.29, 1.82) is 5.26 Å². The highest BCUT2D eigenvalue weighted by Gasteiger charge is 2.12. The Kier molecular flexibility index (Phi) is 4.91. The molecule has 10 heavy (non-hydrogen) atoms. The maximum absolute atomic E-state index is 8.59. The molecule has 0 aromatic heterocycles. The Morgan fingerprint density at radius 1 is 1.60 bits per heavy atom. The molecule has 0 N–H and O–H groups in total. The Morgan fingerprint density at radius 3 is 2.30 bits per heavy atom. The quantitative estimate of drug-likeness (QED) is 0.553. The fraction of sp³-hybridized carbons (Fsp3) is 0.857. The normalized spacial score (nSPS) is 13.1. The number of hydroxylamine groups is 2. The van der Waals surface area contributed by atoms with Crippen molar-refractivity contribution in [3.05, 3.63) is 0 Å².